The second kappa shape index (κ2) is 5.47. The van der Waals surface area contributed by atoms with Crippen molar-refractivity contribution in [2.24, 2.45) is 0 Å². The van der Waals surface area contributed by atoms with Crippen molar-refractivity contribution in [1.82, 2.24) is 20.0 Å². The number of hydrogen-bond donors (Lipinski definition) is 0. The van der Waals surface area contributed by atoms with Crippen LogP contribution >= 0.6 is 11.3 Å². The maximum absolute atomic E-state index is 5.84. The monoisotopic (exact) mass is 306 g/mol. The van der Waals surface area contributed by atoms with Crippen LogP contribution in [0.1, 0.15) is 47.3 Å². The lowest BCUT2D eigenvalue weighted by Gasteiger charge is -2.30. The summed E-state index contributed by atoms with van der Waals surface area (Å²) in [5.74, 6) is 2.11. The van der Waals surface area contributed by atoms with Gasteiger partial charge in [-0.2, -0.15) is 4.98 Å². The first-order valence-corrected chi connectivity index (χ1v) is 8.24. The molecule has 1 aliphatic carbocycles. The van der Waals surface area contributed by atoms with Crippen molar-refractivity contribution in [3.63, 3.8) is 0 Å². The molecular formula is C14H18N4O2S. The first kappa shape index (κ1) is 13.4. The van der Waals surface area contributed by atoms with Gasteiger partial charge in [0.25, 0.3) is 0 Å². The summed E-state index contributed by atoms with van der Waals surface area (Å²) >= 11 is 1.67. The molecule has 7 heteroatoms. The lowest BCUT2D eigenvalue weighted by Crippen LogP contribution is -2.38. The van der Waals surface area contributed by atoms with Crippen molar-refractivity contribution in [2.75, 3.05) is 19.7 Å². The third kappa shape index (κ3) is 3.00. The Labute approximate surface area is 127 Å². The highest BCUT2D eigenvalue weighted by Gasteiger charge is 2.30. The Balaban J connectivity index is 1.40. The molecule has 4 rings (SSSR count). The first-order chi connectivity index (χ1) is 10.3. The van der Waals surface area contributed by atoms with Gasteiger partial charge in [0.1, 0.15) is 11.1 Å². The molecule has 21 heavy (non-hydrogen) atoms. The summed E-state index contributed by atoms with van der Waals surface area (Å²) < 4.78 is 11.2. The Kier molecular flexibility index (Phi) is 3.48. The third-order valence-corrected chi connectivity index (χ3v) is 4.89. The smallest absolute Gasteiger partial charge is 0.229 e. The minimum Gasteiger partial charge on any atom is -0.368 e. The van der Waals surface area contributed by atoms with E-state index in [9.17, 15) is 0 Å². The Morgan fingerprint density at radius 1 is 1.38 bits per heavy atom. The maximum Gasteiger partial charge on any atom is 0.229 e. The van der Waals surface area contributed by atoms with E-state index in [0.717, 1.165) is 48.7 Å². The highest BCUT2D eigenvalue weighted by atomic mass is 32.1. The van der Waals surface area contributed by atoms with E-state index in [-0.39, 0.29) is 6.10 Å². The van der Waals surface area contributed by atoms with Crippen LogP contribution < -0.4 is 0 Å². The summed E-state index contributed by atoms with van der Waals surface area (Å²) in [6.07, 6.45) is 2.43. The summed E-state index contributed by atoms with van der Waals surface area (Å²) in [4.78, 5) is 11.3. The van der Waals surface area contributed by atoms with Crippen molar-refractivity contribution >= 4 is 11.3 Å². The van der Waals surface area contributed by atoms with Gasteiger partial charge in [0, 0.05) is 30.1 Å². The Morgan fingerprint density at radius 3 is 3.05 bits per heavy atom. The Hall–Kier alpha value is -1.31. The van der Waals surface area contributed by atoms with Gasteiger partial charge in [0.15, 0.2) is 5.82 Å². The van der Waals surface area contributed by atoms with E-state index >= 15 is 0 Å². The summed E-state index contributed by atoms with van der Waals surface area (Å²) in [6, 6.07) is 0. The molecule has 2 aromatic rings. The van der Waals surface area contributed by atoms with E-state index in [2.05, 4.69) is 25.4 Å². The summed E-state index contributed by atoms with van der Waals surface area (Å²) in [5.41, 5.74) is 1.06. The maximum atomic E-state index is 5.84. The lowest BCUT2D eigenvalue weighted by molar-refractivity contribution is -0.0339. The highest BCUT2D eigenvalue weighted by Crippen LogP contribution is 2.38. The minimum absolute atomic E-state index is 0.0623. The molecule has 0 N–H and O–H groups in total. The molecule has 2 aromatic heterocycles. The molecule has 0 amide bonds. The van der Waals surface area contributed by atoms with Crippen molar-refractivity contribution in [1.29, 1.82) is 0 Å². The first-order valence-electron chi connectivity index (χ1n) is 7.36. The molecule has 0 unspecified atom stereocenters. The molecule has 2 fully saturated rings. The van der Waals surface area contributed by atoms with E-state index in [1.807, 2.05) is 6.92 Å². The highest BCUT2D eigenvalue weighted by molar-refractivity contribution is 7.09. The summed E-state index contributed by atoms with van der Waals surface area (Å²) in [5, 5.41) is 7.22. The van der Waals surface area contributed by atoms with E-state index < -0.39 is 0 Å². The molecule has 112 valence electrons. The van der Waals surface area contributed by atoms with E-state index in [1.165, 1.54) is 12.8 Å². The van der Waals surface area contributed by atoms with Crippen molar-refractivity contribution in [3.05, 3.63) is 27.8 Å². The van der Waals surface area contributed by atoms with Crippen molar-refractivity contribution < 1.29 is 9.26 Å². The Morgan fingerprint density at radius 2 is 2.29 bits per heavy atom. The molecule has 2 aliphatic rings. The fourth-order valence-corrected chi connectivity index (χ4v) is 3.38. The number of hydrogen-bond acceptors (Lipinski definition) is 7. The molecular weight excluding hydrogens is 288 g/mol. The number of rotatable bonds is 4. The van der Waals surface area contributed by atoms with E-state index in [0.29, 0.717) is 5.92 Å². The van der Waals surface area contributed by atoms with Crippen molar-refractivity contribution in [2.45, 2.75) is 38.3 Å². The number of aromatic nitrogens is 3. The molecule has 1 atom stereocenters. The summed E-state index contributed by atoms with van der Waals surface area (Å²) in [6.45, 7) is 5.19. The number of ether oxygens (including phenoxy) is 1. The van der Waals surface area contributed by atoms with Gasteiger partial charge < -0.3 is 9.26 Å². The van der Waals surface area contributed by atoms with E-state index in [1.54, 1.807) is 11.3 Å². The zero-order valence-electron chi connectivity index (χ0n) is 12.0. The van der Waals surface area contributed by atoms with Crippen LogP contribution in [0, 0.1) is 6.92 Å². The van der Waals surface area contributed by atoms with Gasteiger partial charge in [-0.25, -0.2) is 4.98 Å². The predicted octanol–water partition coefficient (Wildman–Crippen LogP) is 2.29. The van der Waals surface area contributed by atoms with Crippen LogP contribution in [0.4, 0.5) is 0 Å². The molecule has 1 saturated carbocycles. The van der Waals surface area contributed by atoms with Gasteiger partial charge >= 0.3 is 0 Å². The fourth-order valence-electron chi connectivity index (χ4n) is 2.54. The largest absolute Gasteiger partial charge is 0.368 e. The van der Waals surface area contributed by atoms with Gasteiger partial charge in [-0.1, -0.05) is 5.16 Å². The van der Waals surface area contributed by atoms with Gasteiger partial charge in [0.2, 0.25) is 5.89 Å². The van der Waals surface area contributed by atoms with Crippen LogP contribution in [0.5, 0.6) is 0 Å². The third-order valence-electron chi connectivity index (χ3n) is 3.84. The van der Waals surface area contributed by atoms with Gasteiger partial charge in [-0.15, -0.1) is 11.3 Å². The molecule has 6 nitrogen and oxygen atoms in total. The van der Waals surface area contributed by atoms with Crippen LogP contribution in [0.2, 0.25) is 0 Å². The number of thiazole rings is 1. The quantitative estimate of drug-likeness (QED) is 0.863. The van der Waals surface area contributed by atoms with Gasteiger partial charge in [0.05, 0.1) is 13.2 Å². The van der Waals surface area contributed by atoms with Crippen molar-refractivity contribution in [3.8, 4) is 0 Å². The average molecular weight is 306 g/mol. The number of nitrogens with zero attached hydrogens (tertiary/aromatic N) is 4. The standard InChI is InChI=1S/C14H18N4O2S/c1-9-8-21-14(15-9)11-6-18(4-5-19-11)7-12-16-13(20-17-12)10-2-3-10/h8,10-11H,2-7H2,1H3/t11-/m0/s1. The number of aryl methyl sites for hydroxylation is 1. The predicted molar refractivity (Wildman–Crippen MR) is 77.1 cm³/mol. The van der Waals surface area contributed by atoms with Crippen LogP contribution in [0.25, 0.3) is 0 Å². The summed E-state index contributed by atoms with van der Waals surface area (Å²) in [7, 11) is 0. The van der Waals surface area contributed by atoms with Gasteiger partial charge in [-0.3, -0.25) is 4.90 Å². The normalized spacial score (nSPS) is 23.6. The fraction of sp³-hybridized carbons (Fsp3) is 0.643. The van der Waals surface area contributed by atoms with E-state index in [4.69, 9.17) is 9.26 Å². The van der Waals surface area contributed by atoms with Crippen LogP contribution in [-0.2, 0) is 11.3 Å². The average Bonchev–Trinajstić information content (AvgIpc) is 3.09. The minimum atomic E-state index is 0.0623. The molecule has 0 radical (unpaired) electrons. The van der Waals surface area contributed by atoms with Gasteiger partial charge in [-0.05, 0) is 19.8 Å². The molecule has 3 heterocycles. The molecule has 1 aliphatic heterocycles. The molecule has 1 saturated heterocycles. The van der Waals surface area contributed by atoms with Crippen LogP contribution in [0.15, 0.2) is 9.90 Å². The SMILES string of the molecule is Cc1csc([C@@H]2CN(Cc3noc(C4CC4)n3)CCO2)n1. The zero-order chi connectivity index (χ0) is 14.2. The second-order valence-electron chi connectivity index (χ2n) is 5.74. The van der Waals surface area contributed by atoms with Crippen LogP contribution in [-0.4, -0.2) is 39.7 Å². The molecule has 0 aromatic carbocycles. The topological polar surface area (TPSA) is 64.3 Å². The van der Waals surface area contributed by atoms with Crippen LogP contribution in [0.3, 0.4) is 0 Å². The number of morpholine rings is 1. The second-order valence-corrected chi connectivity index (χ2v) is 6.63. The lowest BCUT2D eigenvalue weighted by atomic mass is 10.2. The molecule has 0 bridgehead atoms. The Bertz CT molecular complexity index is 622. The zero-order valence-corrected chi connectivity index (χ0v) is 12.8. The molecule has 0 spiro atoms.